The zero-order valence-electron chi connectivity index (χ0n) is 30.2. The number of aromatic nitrogens is 1. The van der Waals surface area contributed by atoms with Crippen molar-refractivity contribution in [2.75, 3.05) is 9.80 Å². The van der Waals surface area contributed by atoms with E-state index < -0.39 is 0 Å². The number of hydrogen-bond donors (Lipinski definition) is 0. The lowest BCUT2D eigenvalue weighted by molar-refractivity contribution is 0.623. The number of fused-ring (bicyclic) bond motifs is 9. The molecule has 9 aromatic carbocycles. The molecule has 11 rings (SSSR count). The summed E-state index contributed by atoms with van der Waals surface area (Å²) in [6.07, 6.45) is 0. The van der Waals surface area contributed by atoms with E-state index in [1.807, 2.05) is 12.1 Å². The topological polar surface area (TPSA) is 45.7 Å². The molecule has 5 nitrogen and oxygen atoms in total. The van der Waals surface area contributed by atoms with Gasteiger partial charge in [-0.15, -0.1) is 0 Å². The zero-order chi connectivity index (χ0) is 37.0. The molecular formula is C51H33N3O2. The van der Waals surface area contributed by atoms with Gasteiger partial charge in [0.05, 0.1) is 0 Å². The van der Waals surface area contributed by atoms with Crippen LogP contribution in [0, 0.1) is 0 Å². The monoisotopic (exact) mass is 719 g/mol. The summed E-state index contributed by atoms with van der Waals surface area (Å²) in [5.41, 5.74) is 10.6. The molecule has 0 bridgehead atoms. The van der Waals surface area contributed by atoms with E-state index in [9.17, 15) is 0 Å². The Morgan fingerprint density at radius 1 is 0.321 bits per heavy atom. The summed E-state index contributed by atoms with van der Waals surface area (Å²) in [5.74, 6) is 0.599. The van der Waals surface area contributed by atoms with E-state index in [0.717, 1.165) is 88.9 Å². The molecule has 264 valence electrons. The van der Waals surface area contributed by atoms with Crippen molar-refractivity contribution in [1.29, 1.82) is 0 Å². The second-order valence-electron chi connectivity index (χ2n) is 14.0. The van der Waals surface area contributed by atoms with Crippen molar-refractivity contribution in [3.05, 3.63) is 200 Å². The van der Waals surface area contributed by atoms with E-state index >= 15 is 0 Å². The fourth-order valence-corrected chi connectivity index (χ4v) is 8.08. The van der Waals surface area contributed by atoms with Gasteiger partial charge in [-0.3, -0.25) is 0 Å². The van der Waals surface area contributed by atoms with Gasteiger partial charge in [-0.05, 0) is 102 Å². The minimum atomic E-state index is 0.599. The summed E-state index contributed by atoms with van der Waals surface area (Å²) in [6, 6.07) is 69.7. The van der Waals surface area contributed by atoms with E-state index in [0.29, 0.717) is 5.89 Å². The second kappa shape index (κ2) is 13.0. The third-order valence-corrected chi connectivity index (χ3v) is 10.6. The number of furan rings is 1. The SMILES string of the molecule is c1ccc(N(c2ccc(-c3nc4c5ccccc5c5ccccc5c4o3)cc2)c2cccc(N(c3ccccc3)c3ccc4oc5ccccc5c4c3)c2)cc1. The Morgan fingerprint density at radius 2 is 0.804 bits per heavy atom. The molecule has 0 N–H and O–H groups in total. The molecule has 0 spiro atoms. The van der Waals surface area contributed by atoms with E-state index in [1.165, 1.54) is 5.39 Å². The fourth-order valence-electron chi connectivity index (χ4n) is 8.08. The Morgan fingerprint density at radius 3 is 1.50 bits per heavy atom. The van der Waals surface area contributed by atoms with Crippen LogP contribution in [-0.2, 0) is 0 Å². The van der Waals surface area contributed by atoms with Gasteiger partial charge in [-0.2, -0.15) is 0 Å². The van der Waals surface area contributed by atoms with Crippen molar-refractivity contribution in [3.8, 4) is 11.5 Å². The van der Waals surface area contributed by atoms with Crippen molar-refractivity contribution < 1.29 is 8.83 Å². The van der Waals surface area contributed by atoms with Crippen LogP contribution in [0.3, 0.4) is 0 Å². The summed E-state index contributed by atoms with van der Waals surface area (Å²) in [4.78, 5) is 9.67. The summed E-state index contributed by atoms with van der Waals surface area (Å²) >= 11 is 0. The summed E-state index contributed by atoms with van der Waals surface area (Å²) < 4.78 is 12.8. The molecule has 2 aromatic heterocycles. The highest BCUT2D eigenvalue weighted by Crippen LogP contribution is 2.43. The molecule has 0 saturated carbocycles. The first-order chi connectivity index (χ1) is 27.8. The molecule has 0 aliphatic rings. The van der Waals surface area contributed by atoms with Crippen LogP contribution in [0.15, 0.2) is 209 Å². The van der Waals surface area contributed by atoms with Gasteiger partial charge < -0.3 is 18.6 Å². The molecule has 2 heterocycles. The van der Waals surface area contributed by atoms with Gasteiger partial charge in [0.2, 0.25) is 5.89 Å². The molecule has 0 saturated heterocycles. The minimum absolute atomic E-state index is 0.599. The maximum absolute atomic E-state index is 6.58. The normalized spacial score (nSPS) is 11.6. The number of para-hydroxylation sites is 3. The van der Waals surface area contributed by atoms with Crippen LogP contribution in [0.4, 0.5) is 34.1 Å². The van der Waals surface area contributed by atoms with Crippen molar-refractivity contribution in [1.82, 2.24) is 4.98 Å². The van der Waals surface area contributed by atoms with Gasteiger partial charge in [0.15, 0.2) is 5.58 Å². The third-order valence-electron chi connectivity index (χ3n) is 10.6. The van der Waals surface area contributed by atoms with Gasteiger partial charge in [0, 0.05) is 61.2 Å². The van der Waals surface area contributed by atoms with E-state index in [2.05, 4.69) is 198 Å². The van der Waals surface area contributed by atoms with Crippen molar-refractivity contribution >= 4 is 88.7 Å². The van der Waals surface area contributed by atoms with Crippen LogP contribution in [0.1, 0.15) is 0 Å². The van der Waals surface area contributed by atoms with Crippen molar-refractivity contribution in [3.63, 3.8) is 0 Å². The molecule has 11 aromatic rings. The Hall–Kier alpha value is -7.63. The number of anilines is 6. The fraction of sp³-hybridized carbons (Fsp3) is 0. The predicted molar refractivity (Wildman–Crippen MR) is 231 cm³/mol. The molecular weight excluding hydrogens is 687 g/mol. The van der Waals surface area contributed by atoms with Gasteiger partial charge in [-0.25, -0.2) is 4.98 Å². The highest BCUT2D eigenvalue weighted by Gasteiger charge is 2.20. The third kappa shape index (κ3) is 5.29. The Balaban J connectivity index is 1.02. The number of oxazole rings is 1. The standard InChI is InChI=1S/C51H33N3O2/c1-3-14-35(15-4-1)53(37-28-26-34(27-29-37)51-52-49-44-23-9-7-20-41(44)42-21-8-10-24-45(42)50(49)56-51)38-18-13-19-39(32-38)54(36-16-5-2-6-17-36)40-30-31-48-46(33-40)43-22-11-12-25-47(43)55-48/h1-33H. The van der Waals surface area contributed by atoms with Crippen LogP contribution in [0.5, 0.6) is 0 Å². The smallest absolute Gasteiger partial charge is 0.227 e. The van der Waals surface area contributed by atoms with E-state index in [-0.39, 0.29) is 0 Å². The lowest BCUT2D eigenvalue weighted by atomic mass is 10.0. The molecule has 0 amide bonds. The lowest BCUT2D eigenvalue weighted by Gasteiger charge is -2.29. The number of hydrogen-bond acceptors (Lipinski definition) is 5. The van der Waals surface area contributed by atoms with Crippen molar-refractivity contribution in [2.45, 2.75) is 0 Å². The first-order valence-corrected chi connectivity index (χ1v) is 18.8. The maximum atomic E-state index is 6.58. The highest BCUT2D eigenvalue weighted by atomic mass is 16.3. The molecule has 0 fully saturated rings. The highest BCUT2D eigenvalue weighted by molar-refractivity contribution is 6.22. The van der Waals surface area contributed by atoms with Crippen LogP contribution in [-0.4, -0.2) is 4.98 Å². The zero-order valence-corrected chi connectivity index (χ0v) is 30.2. The second-order valence-corrected chi connectivity index (χ2v) is 14.0. The van der Waals surface area contributed by atoms with Crippen LogP contribution < -0.4 is 9.80 Å². The average Bonchev–Trinajstić information content (AvgIpc) is 3.88. The molecule has 0 unspecified atom stereocenters. The van der Waals surface area contributed by atoms with Crippen molar-refractivity contribution in [2.24, 2.45) is 0 Å². The first-order valence-electron chi connectivity index (χ1n) is 18.8. The molecule has 5 heteroatoms. The van der Waals surface area contributed by atoms with Gasteiger partial charge in [-0.1, -0.05) is 109 Å². The Kier molecular flexibility index (Phi) is 7.42. The van der Waals surface area contributed by atoms with Gasteiger partial charge >= 0.3 is 0 Å². The predicted octanol–water partition coefficient (Wildman–Crippen LogP) is 14.6. The Bertz CT molecular complexity index is 3130. The largest absolute Gasteiger partial charge is 0.456 e. The molecule has 0 aliphatic heterocycles. The molecule has 0 atom stereocenters. The van der Waals surface area contributed by atoms with Crippen LogP contribution >= 0.6 is 0 Å². The molecule has 0 aliphatic carbocycles. The maximum Gasteiger partial charge on any atom is 0.227 e. The van der Waals surface area contributed by atoms with Crippen LogP contribution in [0.2, 0.25) is 0 Å². The first kappa shape index (κ1) is 31.9. The average molecular weight is 720 g/mol. The molecule has 0 radical (unpaired) electrons. The quantitative estimate of drug-likeness (QED) is 0.153. The van der Waals surface area contributed by atoms with E-state index in [1.54, 1.807) is 0 Å². The minimum Gasteiger partial charge on any atom is -0.456 e. The van der Waals surface area contributed by atoms with Gasteiger partial charge in [0.1, 0.15) is 16.7 Å². The number of nitrogens with zero attached hydrogens (tertiary/aromatic N) is 3. The summed E-state index contributed by atoms with van der Waals surface area (Å²) in [6.45, 7) is 0. The number of rotatable bonds is 7. The van der Waals surface area contributed by atoms with Gasteiger partial charge in [0.25, 0.3) is 0 Å². The lowest BCUT2D eigenvalue weighted by Crippen LogP contribution is -2.13. The molecule has 56 heavy (non-hydrogen) atoms. The van der Waals surface area contributed by atoms with Crippen LogP contribution in [0.25, 0.3) is 66.0 Å². The number of benzene rings is 9. The summed E-state index contributed by atoms with van der Waals surface area (Å²) in [5, 5.41) is 6.68. The van der Waals surface area contributed by atoms with E-state index in [4.69, 9.17) is 13.8 Å². The summed E-state index contributed by atoms with van der Waals surface area (Å²) in [7, 11) is 0. The Labute approximate surface area is 322 Å².